The molecule has 1 aromatic rings. The van der Waals surface area contributed by atoms with Gasteiger partial charge in [-0.05, 0) is 37.0 Å². The van der Waals surface area contributed by atoms with E-state index in [0.717, 1.165) is 24.0 Å². The van der Waals surface area contributed by atoms with Crippen molar-refractivity contribution in [2.24, 2.45) is 0 Å². The zero-order valence-corrected chi connectivity index (χ0v) is 13.2. The van der Waals surface area contributed by atoms with Gasteiger partial charge in [0.1, 0.15) is 12.2 Å². The molecule has 124 valence electrons. The van der Waals surface area contributed by atoms with Gasteiger partial charge in [0.2, 0.25) is 5.91 Å². The van der Waals surface area contributed by atoms with Crippen molar-refractivity contribution in [1.29, 1.82) is 0 Å². The summed E-state index contributed by atoms with van der Waals surface area (Å²) in [7, 11) is 0. The van der Waals surface area contributed by atoms with Gasteiger partial charge < -0.3 is 20.2 Å². The fourth-order valence-electron chi connectivity index (χ4n) is 3.58. The van der Waals surface area contributed by atoms with E-state index in [9.17, 15) is 20.1 Å². The lowest BCUT2D eigenvalue weighted by atomic mass is 9.91. The number of benzene rings is 1. The predicted octanol–water partition coefficient (Wildman–Crippen LogP) is 1.07. The Morgan fingerprint density at radius 1 is 1.22 bits per heavy atom. The first kappa shape index (κ1) is 16.2. The summed E-state index contributed by atoms with van der Waals surface area (Å²) < 4.78 is 0. The number of rotatable bonds is 2. The van der Waals surface area contributed by atoms with Crippen molar-refractivity contribution in [3.05, 3.63) is 47.0 Å². The van der Waals surface area contributed by atoms with E-state index >= 15 is 0 Å². The Morgan fingerprint density at radius 2 is 1.96 bits per heavy atom. The summed E-state index contributed by atoms with van der Waals surface area (Å²) in [6.07, 6.45) is -0.215. The summed E-state index contributed by atoms with van der Waals surface area (Å²) in [5, 5.41) is 29.2. The standard InChI is InChI=1S/C18H23NO4/c1-11-5-2-3-6-13(11)14-7-4-8-19(14)18(23)12-9-15(20)17(22)16(21)10-12/h2-3,5-6,9,14-17,20-22H,4,7-8,10H2,1H3/t14?,15-,16-,17-/m1/s1. The van der Waals surface area contributed by atoms with Crippen LogP contribution in [0.25, 0.3) is 0 Å². The molecule has 2 aliphatic rings. The molecule has 0 aromatic heterocycles. The minimum Gasteiger partial charge on any atom is -0.390 e. The monoisotopic (exact) mass is 317 g/mol. The lowest BCUT2D eigenvalue weighted by molar-refractivity contribution is -0.129. The molecule has 1 amide bonds. The Morgan fingerprint density at radius 3 is 2.65 bits per heavy atom. The molecular formula is C18H23NO4. The molecule has 1 saturated heterocycles. The number of nitrogens with zero attached hydrogens (tertiary/aromatic N) is 1. The summed E-state index contributed by atoms with van der Waals surface area (Å²) in [5.41, 5.74) is 2.69. The zero-order valence-electron chi connectivity index (χ0n) is 13.2. The van der Waals surface area contributed by atoms with E-state index in [4.69, 9.17) is 0 Å². The number of hydrogen-bond acceptors (Lipinski definition) is 4. The molecular weight excluding hydrogens is 294 g/mol. The average Bonchev–Trinajstić information content (AvgIpc) is 3.01. The van der Waals surface area contributed by atoms with Crippen LogP contribution in [0, 0.1) is 6.92 Å². The topological polar surface area (TPSA) is 81.0 Å². The highest BCUT2D eigenvalue weighted by molar-refractivity contribution is 5.94. The normalized spacial score (nSPS) is 31.1. The van der Waals surface area contributed by atoms with Gasteiger partial charge in [0.15, 0.2) is 0 Å². The van der Waals surface area contributed by atoms with E-state index in [1.54, 1.807) is 0 Å². The second kappa shape index (κ2) is 6.43. The second-order valence-corrected chi connectivity index (χ2v) is 6.46. The first-order valence-electron chi connectivity index (χ1n) is 8.10. The number of hydrogen-bond donors (Lipinski definition) is 3. The van der Waals surface area contributed by atoms with Gasteiger partial charge in [-0.2, -0.15) is 0 Å². The van der Waals surface area contributed by atoms with Crippen LogP contribution in [0.3, 0.4) is 0 Å². The first-order valence-corrected chi connectivity index (χ1v) is 8.10. The van der Waals surface area contributed by atoms with Crippen molar-refractivity contribution in [3.63, 3.8) is 0 Å². The molecule has 0 radical (unpaired) electrons. The largest absolute Gasteiger partial charge is 0.390 e. The van der Waals surface area contributed by atoms with Crippen LogP contribution in [0.5, 0.6) is 0 Å². The third kappa shape index (κ3) is 3.04. The molecule has 1 unspecified atom stereocenters. The van der Waals surface area contributed by atoms with E-state index in [-0.39, 0.29) is 18.4 Å². The molecule has 0 spiro atoms. The predicted molar refractivity (Wildman–Crippen MR) is 85.6 cm³/mol. The summed E-state index contributed by atoms with van der Waals surface area (Å²) in [6.45, 7) is 2.71. The molecule has 0 saturated carbocycles. The molecule has 23 heavy (non-hydrogen) atoms. The van der Waals surface area contributed by atoms with Crippen molar-refractivity contribution in [2.75, 3.05) is 6.54 Å². The van der Waals surface area contributed by atoms with Crippen molar-refractivity contribution < 1.29 is 20.1 Å². The van der Waals surface area contributed by atoms with Crippen molar-refractivity contribution >= 4 is 5.91 Å². The zero-order chi connectivity index (χ0) is 16.6. The Bertz CT molecular complexity index is 627. The third-order valence-electron chi connectivity index (χ3n) is 4.88. The summed E-state index contributed by atoms with van der Waals surface area (Å²) >= 11 is 0. The highest BCUT2D eigenvalue weighted by Crippen LogP contribution is 2.35. The molecule has 3 rings (SSSR count). The maximum Gasteiger partial charge on any atom is 0.250 e. The quantitative estimate of drug-likeness (QED) is 0.762. The summed E-state index contributed by atoms with van der Waals surface area (Å²) in [6, 6.07) is 8.09. The summed E-state index contributed by atoms with van der Waals surface area (Å²) in [4.78, 5) is 14.7. The fraction of sp³-hybridized carbons (Fsp3) is 0.500. The van der Waals surface area contributed by atoms with Crippen LogP contribution in [0.15, 0.2) is 35.9 Å². The smallest absolute Gasteiger partial charge is 0.250 e. The number of likely N-dealkylation sites (tertiary alicyclic amines) is 1. The number of aryl methyl sites for hydroxylation is 1. The molecule has 1 aliphatic heterocycles. The van der Waals surface area contributed by atoms with Gasteiger partial charge in [-0.15, -0.1) is 0 Å². The molecule has 1 aromatic carbocycles. The molecule has 5 heteroatoms. The highest BCUT2D eigenvalue weighted by atomic mass is 16.4. The number of carbonyl (C=O) groups is 1. The fourth-order valence-corrected chi connectivity index (χ4v) is 3.58. The Labute approximate surface area is 135 Å². The van der Waals surface area contributed by atoms with Crippen LogP contribution in [0.2, 0.25) is 0 Å². The minimum absolute atomic E-state index is 0.0331. The van der Waals surface area contributed by atoms with Gasteiger partial charge in [0.25, 0.3) is 0 Å². The van der Waals surface area contributed by atoms with Gasteiger partial charge in [-0.1, -0.05) is 24.3 Å². The van der Waals surface area contributed by atoms with Crippen LogP contribution in [0.1, 0.15) is 36.4 Å². The molecule has 1 aliphatic carbocycles. The molecule has 1 heterocycles. The van der Waals surface area contributed by atoms with Gasteiger partial charge in [-0.3, -0.25) is 4.79 Å². The minimum atomic E-state index is -1.22. The number of amides is 1. The lowest BCUT2D eigenvalue weighted by Crippen LogP contribution is -2.43. The van der Waals surface area contributed by atoms with Gasteiger partial charge in [0, 0.05) is 18.5 Å². The molecule has 5 nitrogen and oxygen atoms in total. The van der Waals surface area contributed by atoms with Crippen LogP contribution in [-0.4, -0.2) is 51.0 Å². The average molecular weight is 317 g/mol. The number of carbonyl (C=O) groups excluding carboxylic acids is 1. The van der Waals surface area contributed by atoms with Crippen molar-refractivity contribution in [3.8, 4) is 0 Å². The lowest BCUT2D eigenvalue weighted by Gasteiger charge is -2.31. The SMILES string of the molecule is Cc1ccccc1C1CCCN1C(=O)C1=C[C@@H](O)[C@@H](O)[C@H](O)C1. The molecule has 4 atom stereocenters. The maximum absolute atomic E-state index is 12.8. The molecule has 3 N–H and O–H groups in total. The first-order chi connectivity index (χ1) is 11.0. The van der Waals surface area contributed by atoms with Gasteiger partial charge >= 0.3 is 0 Å². The van der Waals surface area contributed by atoms with Crippen LogP contribution in [-0.2, 0) is 4.79 Å². The maximum atomic E-state index is 12.8. The van der Waals surface area contributed by atoms with E-state index in [0.29, 0.717) is 12.1 Å². The third-order valence-corrected chi connectivity index (χ3v) is 4.88. The van der Waals surface area contributed by atoms with Gasteiger partial charge in [0.05, 0.1) is 12.1 Å². The Balaban J connectivity index is 1.84. The number of aliphatic hydroxyl groups excluding tert-OH is 3. The van der Waals surface area contributed by atoms with E-state index in [1.165, 1.54) is 6.08 Å². The Hall–Kier alpha value is -1.69. The number of aliphatic hydroxyl groups is 3. The van der Waals surface area contributed by atoms with E-state index in [2.05, 4.69) is 0 Å². The second-order valence-electron chi connectivity index (χ2n) is 6.46. The molecule has 1 fully saturated rings. The van der Waals surface area contributed by atoms with Crippen LogP contribution >= 0.6 is 0 Å². The van der Waals surface area contributed by atoms with Crippen molar-refractivity contribution in [1.82, 2.24) is 4.90 Å². The van der Waals surface area contributed by atoms with Crippen LogP contribution in [0.4, 0.5) is 0 Å². The van der Waals surface area contributed by atoms with Crippen molar-refractivity contribution in [2.45, 2.75) is 50.5 Å². The Kier molecular flexibility index (Phi) is 4.53. The van der Waals surface area contributed by atoms with Crippen LogP contribution < -0.4 is 0 Å². The van der Waals surface area contributed by atoms with Gasteiger partial charge in [-0.25, -0.2) is 0 Å². The highest BCUT2D eigenvalue weighted by Gasteiger charge is 2.37. The molecule has 0 bridgehead atoms. The van der Waals surface area contributed by atoms with E-state index in [1.807, 2.05) is 36.1 Å². The summed E-state index contributed by atoms with van der Waals surface area (Å²) in [5.74, 6) is -0.152. The van der Waals surface area contributed by atoms with E-state index < -0.39 is 18.3 Å².